The number of benzene rings is 4. The third kappa shape index (κ3) is 3.43. The van der Waals surface area contributed by atoms with E-state index < -0.39 is 23.4 Å². The molecule has 4 aromatic rings. The van der Waals surface area contributed by atoms with Gasteiger partial charge in [-0.1, -0.05) is 64.5 Å². The molecule has 0 radical (unpaired) electrons. The van der Waals surface area contributed by atoms with Crippen LogP contribution in [-0.4, -0.2) is 46.8 Å². The number of phenols is 1. The van der Waals surface area contributed by atoms with Crippen molar-refractivity contribution in [3.8, 4) is 11.5 Å². The fourth-order valence-corrected chi connectivity index (χ4v) is 7.20. The molecule has 3 atom stereocenters. The molecule has 7 rings (SSSR count). The number of phenolic OH excluding ortho intramolecular Hbond substituents is 1. The van der Waals surface area contributed by atoms with E-state index in [1.807, 2.05) is 24.3 Å². The van der Waals surface area contributed by atoms with Crippen LogP contribution in [0.15, 0.2) is 101 Å². The van der Waals surface area contributed by atoms with Crippen molar-refractivity contribution >= 4 is 39.5 Å². The van der Waals surface area contributed by atoms with Crippen molar-refractivity contribution in [2.24, 2.45) is 10.5 Å². The third-order valence-electron chi connectivity index (χ3n) is 8.54. The van der Waals surface area contributed by atoms with Gasteiger partial charge in [0.25, 0.3) is 0 Å². The molecule has 41 heavy (non-hydrogen) atoms. The molecule has 0 unspecified atom stereocenters. The van der Waals surface area contributed by atoms with Gasteiger partial charge in [-0.05, 0) is 53.6 Å². The van der Waals surface area contributed by atoms with Gasteiger partial charge in [0.1, 0.15) is 23.0 Å². The molecule has 202 valence electrons. The molecule has 7 nitrogen and oxygen atoms in total. The molecule has 1 saturated heterocycles. The van der Waals surface area contributed by atoms with E-state index >= 15 is 0 Å². The molecule has 0 aromatic heterocycles. The van der Waals surface area contributed by atoms with E-state index in [4.69, 9.17) is 9.84 Å². The van der Waals surface area contributed by atoms with Crippen LogP contribution >= 0.6 is 15.9 Å². The van der Waals surface area contributed by atoms with E-state index in [1.54, 1.807) is 79.0 Å². The summed E-state index contributed by atoms with van der Waals surface area (Å²) in [4.78, 5) is 44.0. The van der Waals surface area contributed by atoms with Crippen LogP contribution in [-0.2, 0) is 0 Å². The first-order valence-electron chi connectivity index (χ1n) is 13.1. The van der Waals surface area contributed by atoms with Crippen LogP contribution in [0.2, 0.25) is 0 Å². The van der Waals surface area contributed by atoms with Gasteiger partial charge < -0.3 is 9.84 Å². The smallest absolute Gasteiger partial charge is 0.187 e. The molecule has 2 heterocycles. The molecule has 0 saturated carbocycles. The van der Waals surface area contributed by atoms with Crippen LogP contribution in [0.5, 0.6) is 11.5 Å². The summed E-state index contributed by atoms with van der Waals surface area (Å²) in [6.07, 6.45) is 1.66. The molecule has 4 aromatic carbocycles. The fraction of sp³-hybridized carbons (Fsp3) is 0.152. The molecule has 2 aliphatic heterocycles. The summed E-state index contributed by atoms with van der Waals surface area (Å²) in [6.45, 7) is 0. The Balaban J connectivity index is 1.55. The Bertz CT molecular complexity index is 1760. The quantitative estimate of drug-likeness (QED) is 0.227. The summed E-state index contributed by atoms with van der Waals surface area (Å²) >= 11 is 3.50. The van der Waals surface area contributed by atoms with Crippen LogP contribution in [0.4, 0.5) is 0 Å². The second-order valence-electron chi connectivity index (χ2n) is 10.4. The number of halogens is 1. The minimum atomic E-state index is -1.76. The average molecular weight is 607 g/mol. The van der Waals surface area contributed by atoms with Crippen LogP contribution in [0.1, 0.15) is 59.7 Å². The SMILES string of the molecule is COc1ccc(C(=O)[C@H]2[C@@H](c3cc(Br)ccc3O)C3(C(=O)c4ccccc4C3=O)[C@H]3c4ccccc4C=NN23)cc1. The highest BCUT2D eigenvalue weighted by atomic mass is 79.9. The molecule has 1 fully saturated rings. The number of Topliss-reactive ketones (excluding diaryl/α,β-unsaturated/α-hetero) is 3. The Morgan fingerprint density at radius 1 is 0.902 bits per heavy atom. The number of aromatic hydroxyl groups is 1. The Hall–Kier alpha value is -4.56. The summed E-state index contributed by atoms with van der Waals surface area (Å²) in [5, 5.41) is 17.6. The highest BCUT2D eigenvalue weighted by Gasteiger charge is 2.73. The van der Waals surface area contributed by atoms with Crippen LogP contribution in [0, 0.1) is 5.41 Å². The van der Waals surface area contributed by atoms with E-state index in [2.05, 4.69) is 15.9 Å². The number of carbonyl (C=O) groups is 3. The largest absolute Gasteiger partial charge is 0.508 e. The van der Waals surface area contributed by atoms with Gasteiger partial charge in [-0.3, -0.25) is 19.4 Å². The Morgan fingerprint density at radius 2 is 1.56 bits per heavy atom. The number of hydrazone groups is 1. The maximum atomic E-state index is 14.7. The summed E-state index contributed by atoms with van der Waals surface area (Å²) in [7, 11) is 1.54. The first-order chi connectivity index (χ1) is 19.9. The number of methoxy groups -OCH3 is 1. The van der Waals surface area contributed by atoms with Gasteiger partial charge in [-0.15, -0.1) is 0 Å². The number of fused-ring (bicyclic) bond motifs is 5. The number of hydrogen-bond donors (Lipinski definition) is 1. The van der Waals surface area contributed by atoms with E-state index in [0.717, 1.165) is 11.1 Å². The van der Waals surface area contributed by atoms with Crippen molar-refractivity contribution in [3.63, 3.8) is 0 Å². The van der Waals surface area contributed by atoms with Crippen LogP contribution in [0.3, 0.4) is 0 Å². The summed E-state index contributed by atoms with van der Waals surface area (Å²) in [5.74, 6) is -1.67. The summed E-state index contributed by atoms with van der Waals surface area (Å²) in [5.41, 5.74) is 1.03. The number of hydrogen-bond acceptors (Lipinski definition) is 7. The Labute approximate surface area is 244 Å². The third-order valence-corrected chi connectivity index (χ3v) is 9.04. The predicted molar refractivity (Wildman–Crippen MR) is 156 cm³/mol. The van der Waals surface area contributed by atoms with Crippen molar-refractivity contribution in [2.75, 3.05) is 7.11 Å². The van der Waals surface area contributed by atoms with E-state index in [0.29, 0.717) is 32.5 Å². The molecular formula is C33H23BrN2O5. The van der Waals surface area contributed by atoms with Crippen molar-refractivity contribution in [1.29, 1.82) is 0 Å². The molecular weight excluding hydrogens is 584 g/mol. The zero-order valence-corrected chi connectivity index (χ0v) is 23.4. The van der Waals surface area contributed by atoms with Gasteiger partial charge in [0.2, 0.25) is 0 Å². The lowest BCUT2D eigenvalue weighted by molar-refractivity contribution is 0.0585. The average Bonchev–Trinajstić information content (AvgIpc) is 3.44. The molecule has 1 N–H and O–H groups in total. The lowest BCUT2D eigenvalue weighted by Crippen LogP contribution is -2.43. The van der Waals surface area contributed by atoms with Gasteiger partial charge in [0.15, 0.2) is 17.3 Å². The molecule has 0 bridgehead atoms. The van der Waals surface area contributed by atoms with Gasteiger partial charge in [0.05, 0.1) is 19.4 Å². The van der Waals surface area contributed by atoms with Gasteiger partial charge in [0, 0.05) is 32.6 Å². The number of nitrogens with zero attached hydrogens (tertiary/aromatic N) is 2. The zero-order valence-electron chi connectivity index (χ0n) is 21.8. The monoisotopic (exact) mass is 606 g/mol. The lowest BCUT2D eigenvalue weighted by atomic mass is 9.62. The van der Waals surface area contributed by atoms with E-state index in [9.17, 15) is 19.5 Å². The van der Waals surface area contributed by atoms with Gasteiger partial charge >= 0.3 is 0 Å². The van der Waals surface area contributed by atoms with Crippen molar-refractivity contribution in [3.05, 3.63) is 129 Å². The molecule has 1 spiro atoms. The first-order valence-corrected chi connectivity index (χ1v) is 13.9. The topological polar surface area (TPSA) is 96.3 Å². The number of rotatable bonds is 4. The van der Waals surface area contributed by atoms with E-state index in [1.165, 1.54) is 6.07 Å². The number of ether oxygens (including phenoxy) is 1. The zero-order chi connectivity index (χ0) is 28.5. The number of ketones is 3. The lowest BCUT2D eigenvalue weighted by Gasteiger charge is -2.36. The second kappa shape index (κ2) is 9.24. The molecule has 3 aliphatic rings. The van der Waals surface area contributed by atoms with E-state index in [-0.39, 0.29) is 23.1 Å². The van der Waals surface area contributed by atoms with Gasteiger partial charge in [-0.25, -0.2) is 0 Å². The molecule has 8 heteroatoms. The standard InChI is InChI=1S/C33H23BrN2O5/c1-41-21-13-10-18(11-14-21)29(38)28-27(25-16-20(34)12-15-26(25)37)33(31(39)23-8-4-5-9-24(23)32(33)40)30-22-7-3-2-6-19(22)17-35-36(28)30/h2-17,27-28,30,37H,1H3/t27-,28-,30-/m1/s1. The first kappa shape index (κ1) is 25.4. The van der Waals surface area contributed by atoms with Crippen molar-refractivity contribution in [2.45, 2.75) is 18.0 Å². The number of carbonyl (C=O) groups excluding carboxylic acids is 3. The second-order valence-corrected chi connectivity index (χ2v) is 11.4. The van der Waals surface area contributed by atoms with Crippen LogP contribution in [0.25, 0.3) is 0 Å². The normalized spacial score (nSPS) is 21.5. The maximum absolute atomic E-state index is 14.7. The fourth-order valence-electron chi connectivity index (χ4n) is 6.82. The Kier molecular flexibility index (Phi) is 5.73. The summed E-state index contributed by atoms with van der Waals surface area (Å²) < 4.78 is 5.93. The highest BCUT2D eigenvalue weighted by Crippen LogP contribution is 2.65. The predicted octanol–water partition coefficient (Wildman–Crippen LogP) is 5.97. The highest BCUT2D eigenvalue weighted by molar-refractivity contribution is 9.10. The molecule has 0 amide bonds. The molecule has 1 aliphatic carbocycles. The minimum absolute atomic E-state index is 0.112. The van der Waals surface area contributed by atoms with Crippen molar-refractivity contribution < 1.29 is 24.2 Å². The Morgan fingerprint density at radius 3 is 2.24 bits per heavy atom. The summed E-state index contributed by atoms with van der Waals surface area (Å²) in [6, 6.07) is 23.9. The minimum Gasteiger partial charge on any atom is -0.508 e. The van der Waals surface area contributed by atoms with Crippen LogP contribution < -0.4 is 4.74 Å². The van der Waals surface area contributed by atoms with Crippen molar-refractivity contribution in [1.82, 2.24) is 5.01 Å². The van der Waals surface area contributed by atoms with Gasteiger partial charge in [-0.2, -0.15) is 5.10 Å². The maximum Gasteiger partial charge on any atom is 0.187 e.